The molecule has 0 spiro atoms. The Morgan fingerprint density at radius 3 is 2.40 bits per heavy atom. The van der Waals surface area contributed by atoms with Crippen LogP contribution in [0.25, 0.3) is 0 Å². The second-order valence-electron chi connectivity index (χ2n) is 4.10. The van der Waals surface area contributed by atoms with Crippen molar-refractivity contribution < 1.29 is 13.5 Å². The van der Waals surface area contributed by atoms with Crippen LogP contribution >= 0.6 is 27.5 Å². The minimum absolute atomic E-state index is 0.248. The van der Waals surface area contributed by atoms with E-state index in [0.717, 1.165) is 6.07 Å². The maximum absolute atomic E-state index is 13.1. The Morgan fingerprint density at radius 2 is 1.80 bits per heavy atom. The molecule has 0 saturated heterocycles. The summed E-state index contributed by atoms with van der Waals surface area (Å²) < 4.78 is 32.2. The van der Waals surface area contributed by atoms with Crippen molar-refractivity contribution in [2.45, 2.75) is 6.54 Å². The fourth-order valence-corrected chi connectivity index (χ4v) is 2.78. The predicted molar refractivity (Wildman–Crippen MR) is 79.4 cm³/mol. The number of hydrogen-bond donors (Lipinski definition) is 1. The van der Waals surface area contributed by atoms with E-state index >= 15 is 0 Å². The number of hydrogen-bond acceptors (Lipinski definition) is 2. The Balaban J connectivity index is 2.22. The van der Waals surface area contributed by atoms with Crippen molar-refractivity contribution in [2.75, 3.05) is 12.4 Å². The summed E-state index contributed by atoms with van der Waals surface area (Å²) in [5.41, 5.74) is 1.12. The second kappa shape index (κ2) is 6.41. The van der Waals surface area contributed by atoms with E-state index < -0.39 is 11.6 Å². The molecular weight excluding hydrogens is 352 g/mol. The second-order valence-corrected chi connectivity index (χ2v) is 5.39. The lowest BCUT2D eigenvalue weighted by molar-refractivity contribution is 0.414. The van der Waals surface area contributed by atoms with Crippen LogP contribution in [0.2, 0.25) is 5.02 Å². The molecule has 0 amide bonds. The molecule has 0 unspecified atom stereocenters. The van der Waals surface area contributed by atoms with Gasteiger partial charge in [0.2, 0.25) is 0 Å². The molecule has 20 heavy (non-hydrogen) atoms. The van der Waals surface area contributed by atoms with Gasteiger partial charge in [-0.15, -0.1) is 0 Å². The number of methoxy groups -OCH3 is 1. The maximum atomic E-state index is 13.1. The molecule has 0 bridgehead atoms. The SMILES string of the molecule is COc1c(Br)cc(Cl)cc1NCc1cc(F)cc(F)c1. The first-order valence-electron chi connectivity index (χ1n) is 5.71. The average Bonchev–Trinajstić information content (AvgIpc) is 2.34. The van der Waals surface area contributed by atoms with Crippen LogP contribution in [0.15, 0.2) is 34.8 Å². The van der Waals surface area contributed by atoms with Gasteiger partial charge in [-0.25, -0.2) is 8.78 Å². The predicted octanol–water partition coefficient (Wildman–Crippen LogP) is 5.00. The molecule has 2 nitrogen and oxygen atoms in total. The lowest BCUT2D eigenvalue weighted by Crippen LogP contribution is -2.03. The lowest BCUT2D eigenvalue weighted by Gasteiger charge is -2.13. The third kappa shape index (κ3) is 3.61. The first-order chi connectivity index (χ1) is 9.49. The highest BCUT2D eigenvalue weighted by molar-refractivity contribution is 9.10. The highest BCUT2D eigenvalue weighted by atomic mass is 79.9. The van der Waals surface area contributed by atoms with Gasteiger partial charge in [-0.3, -0.25) is 0 Å². The monoisotopic (exact) mass is 361 g/mol. The summed E-state index contributed by atoms with van der Waals surface area (Å²) in [5.74, 6) is -0.645. The van der Waals surface area contributed by atoms with Crippen LogP contribution in [-0.4, -0.2) is 7.11 Å². The molecule has 106 valence electrons. The van der Waals surface area contributed by atoms with Gasteiger partial charge >= 0.3 is 0 Å². The summed E-state index contributed by atoms with van der Waals surface area (Å²) in [7, 11) is 1.53. The first kappa shape index (κ1) is 15.1. The molecule has 6 heteroatoms. The molecule has 0 saturated carbocycles. The zero-order valence-corrected chi connectivity index (χ0v) is 12.9. The van der Waals surface area contributed by atoms with E-state index in [9.17, 15) is 8.78 Å². The molecule has 2 rings (SSSR count). The third-order valence-electron chi connectivity index (χ3n) is 2.62. The number of benzene rings is 2. The lowest BCUT2D eigenvalue weighted by atomic mass is 10.2. The first-order valence-corrected chi connectivity index (χ1v) is 6.88. The van der Waals surface area contributed by atoms with Gasteiger partial charge in [0.05, 0.1) is 17.3 Å². The van der Waals surface area contributed by atoms with Gasteiger partial charge in [-0.2, -0.15) is 0 Å². The Bertz CT molecular complexity index is 617. The number of ether oxygens (including phenoxy) is 1. The highest BCUT2D eigenvalue weighted by Crippen LogP contribution is 2.36. The van der Waals surface area contributed by atoms with E-state index in [4.69, 9.17) is 16.3 Å². The number of halogens is 4. The summed E-state index contributed by atoms with van der Waals surface area (Å²) in [4.78, 5) is 0. The van der Waals surface area contributed by atoms with E-state index in [1.54, 1.807) is 12.1 Å². The van der Waals surface area contributed by atoms with Crippen LogP contribution in [0.5, 0.6) is 5.75 Å². The van der Waals surface area contributed by atoms with Crippen molar-refractivity contribution in [1.29, 1.82) is 0 Å². The smallest absolute Gasteiger partial charge is 0.156 e. The van der Waals surface area contributed by atoms with Crippen molar-refractivity contribution in [2.24, 2.45) is 0 Å². The number of rotatable bonds is 4. The summed E-state index contributed by atoms with van der Waals surface area (Å²) >= 11 is 9.30. The van der Waals surface area contributed by atoms with Crippen molar-refractivity contribution in [1.82, 2.24) is 0 Å². The highest BCUT2D eigenvalue weighted by Gasteiger charge is 2.09. The van der Waals surface area contributed by atoms with Crippen molar-refractivity contribution in [3.63, 3.8) is 0 Å². The summed E-state index contributed by atoms with van der Waals surface area (Å²) in [6.45, 7) is 0.248. The molecule has 1 N–H and O–H groups in total. The van der Waals surface area contributed by atoms with E-state index in [0.29, 0.717) is 26.5 Å². The average molecular weight is 363 g/mol. The third-order valence-corrected chi connectivity index (χ3v) is 3.43. The van der Waals surface area contributed by atoms with Gasteiger partial charge < -0.3 is 10.1 Å². The van der Waals surface area contributed by atoms with Crippen LogP contribution in [-0.2, 0) is 6.54 Å². The zero-order valence-electron chi connectivity index (χ0n) is 10.5. The largest absolute Gasteiger partial charge is 0.493 e. The van der Waals surface area contributed by atoms with E-state index in [-0.39, 0.29) is 6.54 Å². The Hall–Kier alpha value is -1.33. The zero-order chi connectivity index (χ0) is 14.7. The molecule has 2 aromatic rings. The molecular formula is C14H11BrClF2NO. The van der Waals surface area contributed by atoms with E-state index in [1.165, 1.54) is 19.2 Å². The minimum atomic E-state index is -0.610. The molecule has 0 radical (unpaired) electrons. The Labute approximate surface area is 128 Å². The molecule has 0 fully saturated rings. The maximum Gasteiger partial charge on any atom is 0.156 e. The Kier molecular flexibility index (Phi) is 4.83. The Morgan fingerprint density at radius 1 is 1.15 bits per heavy atom. The minimum Gasteiger partial charge on any atom is -0.493 e. The molecule has 0 aromatic heterocycles. The molecule has 0 aliphatic carbocycles. The van der Waals surface area contributed by atoms with Crippen LogP contribution in [0, 0.1) is 11.6 Å². The number of nitrogens with one attached hydrogen (secondary N) is 1. The summed E-state index contributed by atoms with van der Waals surface area (Å²) in [5, 5.41) is 3.56. The number of anilines is 1. The molecule has 0 atom stereocenters. The molecule has 2 aromatic carbocycles. The molecule has 0 aliphatic rings. The van der Waals surface area contributed by atoms with Gasteiger partial charge in [-0.05, 0) is 45.8 Å². The summed E-state index contributed by atoms with van der Waals surface area (Å²) in [6, 6.07) is 6.75. The van der Waals surface area contributed by atoms with Crippen LogP contribution < -0.4 is 10.1 Å². The van der Waals surface area contributed by atoms with E-state index in [1.807, 2.05) is 0 Å². The standard InChI is InChI=1S/C14H11BrClF2NO/c1-20-14-12(15)4-9(16)5-13(14)19-7-8-2-10(17)6-11(18)3-8/h2-6,19H,7H2,1H3. The van der Waals surface area contributed by atoms with E-state index in [2.05, 4.69) is 21.2 Å². The fourth-order valence-electron chi connectivity index (χ4n) is 1.81. The van der Waals surface area contributed by atoms with Gasteiger partial charge in [0.1, 0.15) is 11.6 Å². The fraction of sp³-hybridized carbons (Fsp3) is 0.143. The van der Waals surface area contributed by atoms with Crippen LogP contribution in [0.4, 0.5) is 14.5 Å². The topological polar surface area (TPSA) is 21.3 Å². The van der Waals surface area contributed by atoms with Gasteiger partial charge in [0.25, 0.3) is 0 Å². The van der Waals surface area contributed by atoms with Gasteiger partial charge in [0, 0.05) is 17.6 Å². The molecule has 0 heterocycles. The quantitative estimate of drug-likeness (QED) is 0.826. The van der Waals surface area contributed by atoms with Gasteiger partial charge in [0.15, 0.2) is 5.75 Å². The van der Waals surface area contributed by atoms with Crippen molar-refractivity contribution in [3.8, 4) is 5.75 Å². The summed E-state index contributed by atoms with van der Waals surface area (Å²) in [6.07, 6.45) is 0. The van der Waals surface area contributed by atoms with Crippen LogP contribution in [0.1, 0.15) is 5.56 Å². The van der Waals surface area contributed by atoms with Crippen LogP contribution in [0.3, 0.4) is 0 Å². The van der Waals surface area contributed by atoms with Gasteiger partial charge in [-0.1, -0.05) is 11.6 Å². The van der Waals surface area contributed by atoms with Crippen molar-refractivity contribution in [3.05, 3.63) is 57.0 Å². The normalized spacial score (nSPS) is 10.4. The van der Waals surface area contributed by atoms with Crippen molar-refractivity contribution >= 4 is 33.2 Å². The molecule has 0 aliphatic heterocycles.